The van der Waals surface area contributed by atoms with Gasteiger partial charge in [0.1, 0.15) is 17.8 Å². The average Bonchev–Trinajstić information content (AvgIpc) is 3.39. The van der Waals surface area contributed by atoms with Crippen LogP contribution in [0.3, 0.4) is 0 Å². The Morgan fingerprint density at radius 3 is 2.74 bits per heavy atom. The van der Waals surface area contributed by atoms with Crippen molar-refractivity contribution in [1.82, 2.24) is 24.8 Å². The van der Waals surface area contributed by atoms with E-state index in [0.717, 1.165) is 24.2 Å². The smallest absolute Gasteiger partial charge is 0.271 e. The second-order valence-corrected chi connectivity index (χ2v) is 7.90. The van der Waals surface area contributed by atoms with Gasteiger partial charge in [0.05, 0.1) is 12.6 Å². The van der Waals surface area contributed by atoms with Crippen LogP contribution in [0.5, 0.6) is 0 Å². The molecule has 31 heavy (non-hydrogen) atoms. The second kappa shape index (κ2) is 10.3. The number of amides is 1. The molecule has 4 rings (SSSR count). The largest absolute Gasteiger partial charge is 0.379 e. The van der Waals surface area contributed by atoms with Gasteiger partial charge in [0.15, 0.2) is 0 Å². The molecule has 3 aromatic rings. The van der Waals surface area contributed by atoms with Crippen LogP contribution in [-0.4, -0.2) is 44.7 Å². The number of ether oxygens (including phenoxy) is 1. The highest BCUT2D eigenvalue weighted by Crippen LogP contribution is 2.19. The molecule has 0 unspecified atom stereocenters. The molecule has 1 aliphatic heterocycles. The monoisotopic (exact) mass is 480 g/mol. The van der Waals surface area contributed by atoms with E-state index in [1.54, 1.807) is 41.5 Å². The first-order chi connectivity index (χ1) is 14.5. The van der Waals surface area contributed by atoms with Gasteiger partial charge in [-0.05, 0) is 37.1 Å². The summed E-state index contributed by atoms with van der Waals surface area (Å²) in [6.07, 6.45) is 5.85. The van der Waals surface area contributed by atoms with E-state index in [1.165, 1.54) is 0 Å². The third-order valence-electron chi connectivity index (χ3n) is 4.64. The molecule has 1 atom stereocenters. The summed E-state index contributed by atoms with van der Waals surface area (Å²) in [5.74, 6) is 0.862. The summed E-state index contributed by atoms with van der Waals surface area (Å²) in [4.78, 5) is 25.6. The van der Waals surface area contributed by atoms with E-state index in [1.807, 2.05) is 6.92 Å². The maximum Gasteiger partial charge on any atom is 0.271 e. The van der Waals surface area contributed by atoms with E-state index in [-0.39, 0.29) is 37.7 Å². The first kappa shape index (κ1) is 23.3. The number of carbonyl (C=O) groups excluding carboxylic acids is 1. The molecule has 0 radical (unpaired) electrons. The Bertz CT molecular complexity index is 1050. The van der Waals surface area contributed by atoms with Crippen LogP contribution in [0.25, 0.3) is 5.82 Å². The van der Waals surface area contributed by atoms with E-state index in [0.29, 0.717) is 28.4 Å². The van der Waals surface area contributed by atoms with Gasteiger partial charge in [0.25, 0.3) is 5.91 Å². The van der Waals surface area contributed by atoms with E-state index in [9.17, 15) is 4.79 Å². The maximum absolute atomic E-state index is 12.5. The van der Waals surface area contributed by atoms with Gasteiger partial charge >= 0.3 is 0 Å². The number of halogens is 2. The maximum atomic E-state index is 12.5. The third-order valence-corrected chi connectivity index (χ3v) is 5.08. The van der Waals surface area contributed by atoms with Crippen LogP contribution in [0.15, 0.2) is 36.9 Å². The van der Waals surface area contributed by atoms with Gasteiger partial charge in [0.2, 0.25) is 5.95 Å². The molecule has 2 aromatic heterocycles. The van der Waals surface area contributed by atoms with Gasteiger partial charge in [-0.15, -0.1) is 0 Å². The molecule has 8 nitrogen and oxygen atoms in total. The summed E-state index contributed by atoms with van der Waals surface area (Å²) < 4.78 is 7.08. The standard InChI is InChI=1S/C20H20Cl2N6O2.H2S/c1-12-7-24-20(26-16-2-3-30-10-16)27-18(12)28-9-17(25-11-28)19(29)23-8-13-4-14(21)6-15(22)5-13;/h4-7,9,11,16H,2-3,8,10H2,1H3,(H,23,29)(H,24,26,27);1H2/t16-;/m0./s1. The highest BCUT2D eigenvalue weighted by Gasteiger charge is 2.17. The number of aryl methyl sites for hydroxylation is 1. The fourth-order valence-electron chi connectivity index (χ4n) is 3.14. The van der Waals surface area contributed by atoms with Gasteiger partial charge in [-0.25, -0.2) is 9.97 Å². The lowest BCUT2D eigenvalue weighted by Gasteiger charge is -2.12. The number of nitrogens with zero attached hydrogens (tertiary/aromatic N) is 4. The molecule has 1 fully saturated rings. The average molecular weight is 481 g/mol. The molecule has 3 heterocycles. The van der Waals surface area contributed by atoms with Crippen LogP contribution >= 0.6 is 36.7 Å². The van der Waals surface area contributed by atoms with Crippen molar-refractivity contribution >= 4 is 48.6 Å². The topological polar surface area (TPSA) is 94.0 Å². The summed E-state index contributed by atoms with van der Waals surface area (Å²) in [7, 11) is 0. The number of rotatable bonds is 6. The molecule has 0 bridgehead atoms. The number of benzene rings is 1. The SMILES string of the molecule is Cc1cnc(N[C@H]2CCOC2)nc1-n1cnc(C(=O)NCc2cc(Cl)cc(Cl)c2)c1.S. The predicted octanol–water partition coefficient (Wildman–Crippen LogP) is 3.52. The quantitative estimate of drug-likeness (QED) is 0.560. The van der Waals surface area contributed by atoms with Gasteiger partial charge in [-0.1, -0.05) is 23.2 Å². The fraction of sp³-hybridized carbons (Fsp3) is 0.300. The van der Waals surface area contributed by atoms with Crippen molar-refractivity contribution in [1.29, 1.82) is 0 Å². The second-order valence-electron chi connectivity index (χ2n) is 7.03. The molecular weight excluding hydrogens is 459 g/mol. The van der Waals surface area contributed by atoms with Gasteiger partial charge in [0, 0.05) is 41.2 Å². The van der Waals surface area contributed by atoms with Crippen LogP contribution in [0, 0.1) is 6.92 Å². The number of anilines is 1. The Labute approximate surface area is 196 Å². The molecule has 1 aromatic carbocycles. The Hall–Kier alpha value is -2.33. The summed E-state index contributed by atoms with van der Waals surface area (Å²) in [5, 5.41) is 7.13. The van der Waals surface area contributed by atoms with Crippen molar-refractivity contribution in [3.8, 4) is 5.82 Å². The number of aromatic nitrogens is 4. The summed E-state index contributed by atoms with van der Waals surface area (Å²) >= 11 is 12.0. The number of imidazole rings is 1. The highest BCUT2D eigenvalue weighted by molar-refractivity contribution is 7.59. The molecule has 0 spiro atoms. The summed E-state index contributed by atoms with van der Waals surface area (Å²) in [5.41, 5.74) is 1.94. The fourth-order valence-corrected chi connectivity index (χ4v) is 3.71. The zero-order chi connectivity index (χ0) is 21.1. The van der Waals surface area contributed by atoms with E-state index >= 15 is 0 Å². The van der Waals surface area contributed by atoms with Crippen molar-refractivity contribution in [2.45, 2.75) is 25.9 Å². The zero-order valence-electron chi connectivity index (χ0n) is 16.7. The van der Waals surface area contributed by atoms with Crippen molar-refractivity contribution in [2.24, 2.45) is 0 Å². The molecular formula is C20H22Cl2N6O2S. The van der Waals surface area contributed by atoms with E-state index in [2.05, 4.69) is 25.6 Å². The minimum Gasteiger partial charge on any atom is -0.379 e. The van der Waals surface area contributed by atoms with Gasteiger partial charge in [-0.3, -0.25) is 9.36 Å². The number of carbonyl (C=O) groups is 1. The Kier molecular flexibility index (Phi) is 7.77. The van der Waals surface area contributed by atoms with Crippen LogP contribution in [0.2, 0.25) is 10.0 Å². The number of nitrogens with one attached hydrogen (secondary N) is 2. The molecule has 1 saturated heterocycles. The summed E-state index contributed by atoms with van der Waals surface area (Å²) in [6, 6.07) is 5.34. The van der Waals surface area contributed by atoms with E-state index in [4.69, 9.17) is 27.9 Å². The Morgan fingerprint density at radius 2 is 2.03 bits per heavy atom. The number of hydrogen-bond donors (Lipinski definition) is 2. The van der Waals surface area contributed by atoms with Crippen LogP contribution in [-0.2, 0) is 11.3 Å². The summed E-state index contributed by atoms with van der Waals surface area (Å²) in [6.45, 7) is 3.56. The van der Waals surface area contributed by atoms with Crippen molar-refractivity contribution in [3.05, 3.63) is 63.8 Å². The molecule has 11 heteroatoms. The molecule has 1 aliphatic rings. The lowest BCUT2D eigenvalue weighted by atomic mass is 10.2. The Morgan fingerprint density at radius 1 is 1.26 bits per heavy atom. The zero-order valence-corrected chi connectivity index (χ0v) is 19.2. The van der Waals surface area contributed by atoms with Crippen LogP contribution in [0.1, 0.15) is 28.0 Å². The lowest BCUT2D eigenvalue weighted by molar-refractivity contribution is 0.0946. The molecule has 0 aliphatic carbocycles. The lowest BCUT2D eigenvalue weighted by Crippen LogP contribution is -2.23. The molecule has 0 saturated carbocycles. The first-order valence-corrected chi connectivity index (χ1v) is 10.2. The molecule has 164 valence electrons. The molecule has 1 amide bonds. The van der Waals surface area contributed by atoms with Crippen LogP contribution < -0.4 is 10.6 Å². The Balaban J connectivity index is 0.00000272. The van der Waals surface area contributed by atoms with Crippen molar-refractivity contribution in [3.63, 3.8) is 0 Å². The first-order valence-electron chi connectivity index (χ1n) is 9.43. The predicted molar refractivity (Wildman–Crippen MR) is 125 cm³/mol. The normalized spacial score (nSPS) is 15.4. The van der Waals surface area contributed by atoms with E-state index < -0.39 is 0 Å². The third kappa shape index (κ3) is 5.88. The minimum absolute atomic E-state index is 0. The minimum atomic E-state index is -0.307. The van der Waals surface area contributed by atoms with Crippen molar-refractivity contribution < 1.29 is 9.53 Å². The van der Waals surface area contributed by atoms with Crippen molar-refractivity contribution in [2.75, 3.05) is 18.5 Å². The molecule has 2 N–H and O–H groups in total. The van der Waals surface area contributed by atoms with Gasteiger partial charge in [-0.2, -0.15) is 18.5 Å². The highest BCUT2D eigenvalue weighted by atomic mass is 35.5. The van der Waals surface area contributed by atoms with Crippen LogP contribution in [0.4, 0.5) is 5.95 Å². The number of hydrogen-bond acceptors (Lipinski definition) is 6. The van der Waals surface area contributed by atoms with Gasteiger partial charge < -0.3 is 15.4 Å².